The highest BCUT2D eigenvalue weighted by molar-refractivity contribution is 5.77. The number of allylic oxidation sites excluding steroid dienone is 4. The van der Waals surface area contributed by atoms with Gasteiger partial charge in [0.25, 0.3) is 0 Å². The number of rotatable bonds is 4. The Balaban J connectivity index is 1.50. The normalized spacial score (nSPS) is 35.1. The van der Waals surface area contributed by atoms with Crippen LogP contribution in [0.3, 0.4) is 0 Å². The van der Waals surface area contributed by atoms with E-state index < -0.39 is 0 Å². The quantitative estimate of drug-likeness (QED) is 0.297. The minimum absolute atomic E-state index is 0.0641. The fourth-order valence-corrected chi connectivity index (χ4v) is 11.3. The van der Waals surface area contributed by atoms with E-state index in [2.05, 4.69) is 130 Å². The summed E-state index contributed by atoms with van der Waals surface area (Å²) in [7, 11) is 0. The Kier molecular flexibility index (Phi) is 5.15. The molecule has 0 aliphatic heterocycles. The molecule has 0 unspecified atom stereocenters. The van der Waals surface area contributed by atoms with E-state index >= 15 is 0 Å². The average Bonchev–Trinajstić information content (AvgIpc) is 3.40. The Hall–Kier alpha value is -2.86. The molecule has 0 spiro atoms. The van der Waals surface area contributed by atoms with Crippen molar-refractivity contribution in [2.75, 3.05) is 0 Å². The molecule has 0 amide bonds. The van der Waals surface area contributed by atoms with Crippen LogP contribution in [0.5, 0.6) is 0 Å². The predicted molar refractivity (Wildman–Crippen MR) is 169 cm³/mol. The van der Waals surface area contributed by atoms with Gasteiger partial charge in [0, 0.05) is 21.7 Å². The van der Waals surface area contributed by atoms with Gasteiger partial charge in [0.2, 0.25) is 0 Å². The van der Waals surface area contributed by atoms with Crippen LogP contribution in [0.4, 0.5) is 0 Å². The van der Waals surface area contributed by atoms with Gasteiger partial charge in [-0.05, 0) is 111 Å². The Morgan fingerprint density at radius 3 is 0.925 bits per heavy atom. The van der Waals surface area contributed by atoms with Crippen LogP contribution in [0.2, 0.25) is 0 Å². The van der Waals surface area contributed by atoms with E-state index in [-0.39, 0.29) is 21.7 Å². The van der Waals surface area contributed by atoms with E-state index in [1.165, 1.54) is 11.1 Å². The monoisotopic (exact) mass is 526 g/mol. The molecule has 4 aliphatic rings. The van der Waals surface area contributed by atoms with E-state index in [0.29, 0.717) is 11.8 Å². The van der Waals surface area contributed by atoms with E-state index in [1.807, 2.05) is 0 Å². The van der Waals surface area contributed by atoms with Crippen molar-refractivity contribution in [1.29, 1.82) is 0 Å². The molecule has 206 valence electrons. The maximum Gasteiger partial charge on any atom is 0.0182 e. The van der Waals surface area contributed by atoms with Crippen LogP contribution >= 0.6 is 0 Å². The molecule has 0 saturated heterocycles. The fraction of sp³-hybridized carbons (Fsp3) is 0.450. The van der Waals surface area contributed by atoms with E-state index in [4.69, 9.17) is 0 Å². The van der Waals surface area contributed by atoms with Crippen LogP contribution in [-0.4, -0.2) is 0 Å². The van der Waals surface area contributed by atoms with E-state index in [9.17, 15) is 0 Å². The van der Waals surface area contributed by atoms with Crippen molar-refractivity contribution in [3.63, 3.8) is 0 Å². The largest absolute Gasteiger partial charge is 0.0628 e. The standard InChI is InChI=1S/C40H46/c1-23-33-35(39(9)27(5)25(3)37(33,7)31(39)21-29-17-13-11-14-18-29)24(2)36-34(23)38(8)26(4)28(6)40(36,10)32(38)22-30-19-15-12-16-20-30/h11-20,31-32H,21-22H2,1-10H3/t31?,32?,37-,38-,39-,40-/m1/s1. The van der Waals surface area contributed by atoms with Gasteiger partial charge in [0.1, 0.15) is 0 Å². The lowest BCUT2D eigenvalue weighted by atomic mass is 9.64. The first-order chi connectivity index (χ1) is 18.9. The molecule has 3 aromatic rings. The molecule has 0 saturated carbocycles. The van der Waals surface area contributed by atoms with Gasteiger partial charge in [0.05, 0.1) is 0 Å². The van der Waals surface area contributed by atoms with Gasteiger partial charge in [-0.1, -0.05) is 111 Å². The summed E-state index contributed by atoms with van der Waals surface area (Å²) in [6, 6.07) is 22.5. The minimum atomic E-state index is 0.0641. The first kappa shape index (κ1) is 26.1. The maximum absolute atomic E-state index is 2.60. The summed E-state index contributed by atoms with van der Waals surface area (Å²) in [5, 5.41) is 0. The molecule has 0 heterocycles. The summed E-state index contributed by atoms with van der Waals surface area (Å²) >= 11 is 0. The molecule has 40 heavy (non-hydrogen) atoms. The Bertz CT molecular complexity index is 1450. The zero-order valence-electron chi connectivity index (χ0n) is 26.3. The smallest absolute Gasteiger partial charge is 0.0182 e. The molecule has 0 aromatic heterocycles. The van der Waals surface area contributed by atoms with Gasteiger partial charge in [0.15, 0.2) is 0 Å². The molecule has 0 fully saturated rings. The van der Waals surface area contributed by atoms with Gasteiger partial charge >= 0.3 is 0 Å². The van der Waals surface area contributed by atoms with E-state index in [1.54, 1.807) is 55.7 Å². The Morgan fingerprint density at radius 1 is 0.425 bits per heavy atom. The predicted octanol–water partition coefficient (Wildman–Crippen LogP) is 9.78. The lowest BCUT2D eigenvalue weighted by Gasteiger charge is -2.40. The SMILES string of the molecule is CC1=C(C)[C@@]2(C)c3c(C)c4c(c(C)c3[C@@]1(C)C2Cc1ccccc1)[C@]1(C)C(C)=C(C)[C@]4(C)C1Cc1ccccc1. The molecule has 0 N–H and O–H groups in total. The van der Waals surface area contributed by atoms with Crippen molar-refractivity contribution in [3.05, 3.63) is 127 Å². The highest BCUT2D eigenvalue weighted by Gasteiger charge is 2.68. The first-order valence-corrected chi connectivity index (χ1v) is 15.5. The molecule has 0 heteroatoms. The van der Waals surface area contributed by atoms with Crippen LogP contribution in [0.15, 0.2) is 83.0 Å². The van der Waals surface area contributed by atoms with Crippen molar-refractivity contribution in [3.8, 4) is 0 Å². The number of fused-ring (bicyclic) bond motifs is 10. The topological polar surface area (TPSA) is 0 Å². The number of hydrogen-bond donors (Lipinski definition) is 0. The van der Waals surface area contributed by atoms with Gasteiger partial charge < -0.3 is 0 Å². The third-order valence-electron chi connectivity index (χ3n) is 13.7. The summed E-state index contributed by atoms with van der Waals surface area (Å²) in [6.07, 6.45) is 2.25. The lowest BCUT2D eigenvalue weighted by Crippen LogP contribution is -2.35. The van der Waals surface area contributed by atoms with Crippen LogP contribution in [0, 0.1) is 25.7 Å². The molecule has 0 nitrogen and oxygen atoms in total. The molecule has 4 bridgehead atoms. The summed E-state index contributed by atoms with van der Waals surface area (Å²) in [6.45, 7) is 25.2. The summed E-state index contributed by atoms with van der Waals surface area (Å²) in [5.41, 5.74) is 19.6. The summed E-state index contributed by atoms with van der Waals surface area (Å²) in [4.78, 5) is 0. The molecule has 3 aromatic carbocycles. The highest BCUT2D eigenvalue weighted by Crippen LogP contribution is 2.74. The van der Waals surface area contributed by atoms with Crippen LogP contribution in [0.1, 0.15) is 99.9 Å². The van der Waals surface area contributed by atoms with Crippen LogP contribution in [-0.2, 0) is 34.5 Å². The molecule has 7 rings (SSSR count). The van der Waals surface area contributed by atoms with Crippen molar-refractivity contribution < 1.29 is 0 Å². The van der Waals surface area contributed by atoms with Crippen LogP contribution < -0.4 is 0 Å². The Morgan fingerprint density at radius 2 is 0.675 bits per heavy atom. The zero-order chi connectivity index (χ0) is 28.6. The first-order valence-electron chi connectivity index (χ1n) is 15.5. The van der Waals surface area contributed by atoms with Gasteiger partial charge in [-0.3, -0.25) is 0 Å². The maximum atomic E-state index is 2.60. The second-order valence-corrected chi connectivity index (χ2v) is 14.5. The second kappa shape index (κ2) is 7.90. The van der Waals surface area contributed by atoms with Crippen molar-refractivity contribution in [2.24, 2.45) is 11.8 Å². The molecule has 4 atom stereocenters. The summed E-state index contributed by atoms with van der Waals surface area (Å²) in [5.74, 6) is 1.09. The third-order valence-corrected chi connectivity index (χ3v) is 13.7. The van der Waals surface area contributed by atoms with Crippen molar-refractivity contribution in [1.82, 2.24) is 0 Å². The minimum Gasteiger partial charge on any atom is -0.0628 e. The van der Waals surface area contributed by atoms with Crippen molar-refractivity contribution in [2.45, 2.75) is 104 Å². The van der Waals surface area contributed by atoms with E-state index in [0.717, 1.165) is 12.8 Å². The number of benzene rings is 3. The average molecular weight is 527 g/mol. The van der Waals surface area contributed by atoms with Crippen LogP contribution in [0.25, 0.3) is 0 Å². The van der Waals surface area contributed by atoms with Gasteiger partial charge in [-0.15, -0.1) is 0 Å². The molecule has 0 radical (unpaired) electrons. The third kappa shape index (κ3) is 2.62. The zero-order valence-corrected chi connectivity index (χ0v) is 26.3. The molecular formula is C40H46. The fourth-order valence-electron chi connectivity index (χ4n) is 11.3. The number of hydrogen-bond acceptors (Lipinski definition) is 0. The lowest BCUT2D eigenvalue weighted by molar-refractivity contribution is 0.297. The molecule has 4 aliphatic carbocycles. The summed E-state index contributed by atoms with van der Waals surface area (Å²) < 4.78 is 0. The second-order valence-electron chi connectivity index (χ2n) is 14.5. The van der Waals surface area contributed by atoms with Crippen molar-refractivity contribution >= 4 is 0 Å². The Labute approximate surface area is 242 Å². The molecular weight excluding hydrogens is 480 g/mol. The van der Waals surface area contributed by atoms with Gasteiger partial charge in [-0.25, -0.2) is 0 Å². The highest BCUT2D eigenvalue weighted by atomic mass is 14.7. The van der Waals surface area contributed by atoms with Gasteiger partial charge in [-0.2, -0.15) is 0 Å².